The molecule has 2 atom stereocenters. The van der Waals surface area contributed by atoms with Gasteiger partial charge >= 0.3 is 5.97 Å². The largest absolute Gasteiger partial charge is 0.481 e. The summed E-state index contributed by atoms with van der Waals surface area (Å²) < 4.78 is 4.95. The van der Waals surface area contributed by atoms with Crippen LogP contribution >= 0.6 is 0 Å². The van der Waals surface area contributed by atoms with E-state index in [1.54, 1.807) is 0 Å². The Bertz CT molecular complexity index is 149. The van der Waals surface area contributed by atoms with E-state index in [0.717, 1.165) is 6.42 Å². The highest BCUT2D eigenvalue weighted by molar-refractivity contribution is 5.71. The van der Waals surface area contributed by atoms with Crippen LogP contribution < -0.4 is 0 Å². The number of rotatable bonds is 4. The number of carboxylic acid groups (broad SMARTS) is 1. The van der Waals surface area contributed by atoms with E-state index in [9.17, 15) is 4.79 Å². The van der Waals surface area contributed by atoms with E-state index >= 15 is 0 Å². The first kappa shape index (κ1) is 8.53. The van der Waals surface area contributed by atoms with Gasteiger partial charge in [0.15, 0.2) is 0 Å². The SMILES string of the molecule is CC(C)CC(C(=O)O)C1CO1. The third-order valence-electron chi connectivity index (χ3n) is 1.85. The number of hydrogen-bond acceptors (Lipinski definition) is 2. The van der Waals surface area contributed by atoms with Crippen LogP contribution in [0.15, 0.2) is 0 Å². The van der Waals surface area contributed by atoms with Crippen molar-refractivity contribution in [2.75, 3.05) is 6.61 Å². The number of hydrogen-bond donors (Lipinski definition) is 1. The zero-order valence-corrected chi connectivity index (χ0v) is 6.91. The molecule has 3 heteroatoms. The van der Waals surface area contributed by atoms with Gasteiger partial charge in [0.2, 0.25) is 0 Å². The maximum atomic E-state index is 10.6. The van der Waals surface area contributed by atoms with Crippen LogP contribution in [0, 0.1) is 11.8 Å². The highest BCUT2D eigenvalue weighted by atomic mass is 16.6. The van der Waals surface area contributed by atoms with Crippen molar-refractivity contribution in [3.63, 3.8) is 0 Å². The van der Waals surface area contributed by atoms with Gasteiger partial charge in [-0.1, -0.05) is 13.8 Å². The molecular formula is C8H14O3. The second-order valence-corrected chi connectivity index (χ2v) is 3.45. The van der Waals surface area contributed by atoms with Crippen molar-refractivity contribution < 1.29 is 14.6 Å². The summed E-state index contributed by atoms with van der Waals surface area (Å²) in [5, 5.41) is 8.75. The van der Waals surface area contributed by atoms with Crippen LogP contribution in [0.4, 0.5) is 0 Å². The number of carbonyl (C=O) groups is 1. The lowest BCUT2D eigenvalue weighted by molar-refractivity contribution is -0.143. The fraction of sp³-hybridized carbons (Fsp3) is 0.875. The van der Waals surface area contributed by atoms with E-state index in [4.69, 9.17) is 9.84 Å². The van der Waals surface area contributed by atoms with Gasteiger partial charge in [0.05, 0.1) is 18.6 Å². The summed E-state index contributed by atoms with van der Waals surface area (Å²) in [7, 11) is 0. The maximum absolute atomic E-state index is 10.6. The van der Waals surface area contributed by atoms with Gasteiger partial charge in [-0.05, 0) is 12.3 Å². The molecule has 1 N–H and O–H groups in total. The molecule has 0 aromatic rings. The van der Waals surface area contributed by atoms with Gasteiger partial charge in [0.1, 0.15) is 0 Å². The molecule has 11 heavy (non-hydrogen) atoms. The van der Waals surface area contributed by atoms with Crippen molar-refractivity contribution in [3.05, 3.63) is 0 Å². The van der Waals surface area contributed by atoms with Gasteiger partial charge in [0.25, 0.3) is 0 Å². The summed E-state index contributed by atoms with van der Waals surface area (Å²) >= 11 is 0. The van der Waals surface area contributed by atoms with Crippen LogP contribution in [0.1, 0.15) is 20.3 Å². The van der Waals surface area contributed by atoms with Crippen LogP contribution in [-0.2, 0) is 9.53 Å². The molecule has 2 unspecified atom stereocenters. The molecule has 0 bridgehead atoms. The molecule has 1 aliphatic rings. The van der Waals surface area contributed by atoms with Gasteiger partial charge in [0, 0.05) is 0 Å². The fourth-order valence-corrected chi connectivity index (χ4v) is 1.21. The molecule has 1 rings (SSSR count). The second kappa shape index (κ2) is 3.22. The van der Waals surface area contributed by atoms with Crippen molar-refractivity contribution in [3.8, 4) is 0 Å². The van der Waals surface area contributed by atoms with Gasteiger partial charge in [-0.15, -0.1) is 0 Å². The predicted octanol–water partition coefficient (Wildman–Crippen LogP) is 1.13. The minimum atomic E-state index is -0.721. The lowest BCUT2D eigenvalue weighted by Crippen LogP contribution is -2.21. The molecule has 1 fully saturated rings. The first-order chi connectivity index (χ1) is 5.11. The molecule has 0 aliphatic carbocycles. The van der Waals surface area contributed by atoms with E-state index < -0.39 is 5.97 Å². The summed E-state index contributed by atoms with van der Waals surface area (Å²) in [5.74, 6) is -0.573. The minimum absolute atomic E-state index is 0.00472. The molecule has 0 aromatic carbocycles. The Labute approximate surface area is 66.4 Å². The lowest BCUT2D eigenvalue weighted by Gasteiger charge is -2.10. The van der Waals surface area contributed by atoms with Crippen LogP contribution in [0.3, 0.4) is 0 Å². The Kier molecular flexibility index (Phi) is 2.49. The molecule has 0 spiro atoms. The van der Waals surface area contributed by atoms with E-state index in [1.807, 2.05) is 13.8 Å². The van der Waals surface area contributed by atoms with Crippen LogP contribution in [0.2, 0.25) is 0 Å². The summed E-state index contributed by atoms with van der Waals surface area (Å²) in [5.41, 5.74) is 0. The van der Waals surface area contributed by atoms with Crippen LogP contribution in [0.5, 0.6) is 0 Å². The van der Waals surface area contributed by atoms with Gasteiger partial charge in [-0.3, -0.25) is 4.79 Å². The molecule has 0 amide bonds. The Balaban J connectivity index is 2.38. The van der Waals surface area contributed by atoms with E-state index in [0.29, 0.717) is 12.5 Å². The molecule has 1 heterocycles. The van der Waals surface area contributed by atoms with E-state index in [-0.39, 0.29) is 12.0 Å². The zero-order valence-electron chi connectivity index (χ0n) is 6.91. The van der Waals surface area contributed by atoms with Gasteiger partial charge in [-0.25, -0.2) is 0 Å². The van der Waals surface area contributed by atoms with E-state index in [2.05, 4.69) is 0 Å². The average molecular weight is 158 g/mol. The zero-order chi connectivity index (χ0) is 8.43. The van der Waals surface area contributed by atoms with Crippen molar-refractivity contribution in [2.45, 2.75) is 26.4 Å². The highest BCUT2D eigenvalue weighted by Gasteiger charge is 2.37. The second-order valence-electron chi connectivity index (χ2n) is 3.45. The summed E-state index contributed by atoms with van der Waals surface area (Å²) in [4.78, 5) is 10.6. The number of ether oxygens (including phenoxy) is 1. The smallest absolute Gasteiger partial charge is 0.309 e. The highest BCUT2D eigenvalue weighted by Crippen LogP contribution is 2.26. The third kappa shape index (κ3) is 2.50. The normalized spacial score (nSPS) is 25.2. The molecule has 64 valence electrons. The van der Waals surface area contributed by atoms with Crippen molar-refractivity contribution >= 4 is 5.97 Å². The summed E-state index contributed by atoms with van der Waals surface area (Å²) in [6, 6.07) is 0. The standard InChI is InChI=1S/C8H14O3/c1-5(2)3-6(8(9)10)7-4-11-7/h5-7H,3-4H2,1-2H3,(H,9,10). The maximum Gasteiger partial charge on any atom is 0.309 e. The fourth-order valence-electron chi connectivity index (χ4n) is 1.21. The average Bonchev–Trinajstić information content (AvgIpc) is 2.63. The Morgan fingerprint density at radius 1 is 1.73 bits per heavy atom. The molecule has 0 radical (unpaired) electrons. The lowest BCUT2D eigenvalue weighted by atomic mass is 9.95. The Morgan fingerprint density at radius 2 is 2.27 bits per heavy atom. The number of carboxylic acids is 1. The van der Waals surface area contributed by atoms with E-state index in [1.165, 1.54) is 0 Å². The molecular weight excluding hydrogens is 144 g/mol. The van der Waals surface area contributed by atoms with Crippen molar-refractivity contribution in [1.29, 1.82) is 0 Å². The first-order valence-electron chi connectivity index (χ1n) is 3.95. The van der Waals surface area contributed by atoms with Crippen molar-refractivity contribution in [1.82, 2.24) is 0 Å². The Morgan fingerprint density at radius 3 is 2.55 bits per heavy atom. The van der Waals surface area contributed by atoms with Crippen LogP contribution in [-0.4, -0.2) is 23.8 Å². The molecule has 0 saturated carbocycles. The third-order valence-corrected chi connectivity index (χ3v) is 1.85. The Hall–Kier alpha value is -0.570. The van der Waals surface area contributed by atoms with Crippen LogP contribution in [0.25, 0.3) is 0 Å². The van der Waals surface area contributed by atoms with Crippen molar-refractivity contribution in [2.24, 2.45) is 11.8 Å². The monoisotopic (exact) mass is 158 g/mol. The topological polar surface area (TPSA) is 49.8 Å². The summed E-state index contributed by atoms with van der Waals surface area (Å²) in [6.45, 7) is 4.68. The first-order valence-corrected chi connectivity index (χ1v) is 3.95. The summed E-state index contributed by atoms with van der Waals surface area (Å²) in [6.07, 6.45) is 0.717. The molecule has 1 aliphatic heterocycles. The number of epoxide rings is 1. The van der Waals surface area contributed by atoms with Gasteiger partial charge in [-0.2, -0.15) is 0 Å². The molecule has 1 saturated heterocycles. The molecule has 0 aromatic heterocycles. The number of aliphatic carboxylic acids is 1. The van der Waals surface area contributed by atoms with Gasteiger partial charge < -0.3 is 9.84 Å². The molecule has 3 nitrogen and oxygen atoms in total. The minimum Gasteiger partial charge on any atom is -0.481 e. The quantitative estimate of drug-likeness (QED) is 0.624. The predicted molar refractivity (Wildman–Crippen MR) is 40.3 cm³/mol.